The summed E-state index contributed by atoms with van der Waals surface area (Å²) in [7, 11) is 0. The number of halogens is 1. The Morgan fingerprint density at radius 1 is 1.33 bits per heavy atom. The van der Waals surface area contributed by atoms with Crippen molar-refractivity contribution in [1.82, 2.24) is 5.32 Å². The molecule has 0 heterocycles. The van der Waals surface area contributed by atoms with E-state index in [-0.39, 0.29) is 29.6 Å². The second-order valence-corrected chi connectivity index (χ2v) is 5.77. The van der Waals surface area contributed by atoms with Crippen molar-refractivity contribution in [2.75, 3.05) is 0 Å². The molecule has 1 aliphatic carbocycles. The lowest BCUT2D eigenvalue weighted by Gasteiger charge is -2.16. The molecular weight excluding hydrogens is 273 g/mol. The van der Waals surface area contributed by atoms with Crippen molar-refractivity contribution < 1.29 is 19.1 Å². The highest BCUT2D eigenvalue weighted by Crippen LogP contribution is 2.26. The molecule has 1 unspecified atom stereocenters. The summed E-state index contributed by atoms with van der Waals surface area (Å²) in [6, 6.07) is 6.10. The minimum absolute atomic E-state index is 0.00211. The van der Waals surface area contributed by atoms with Crippen LogP contribution in [-0.4, -0.2) is 23.0 Å². The molecule has 1 aliphatic rings. The van der Waals surface area contributed by atoms with Crippen LogP contribution in [0.5, 0.6) is 0 Å². The molecule has 2 N–H and O–H groups in total. The number of carbonyl (C=O) groups is 2. The fourth-order valence-corrected chi connectivity index (χ4v) is 2.81. The van der Waals surface area contributed by atoms with Gasteiger partial charge in [-0.25, -0.2) is 4.39 Å². The van der Waals surface area contributed by atoms with Gasteiger partial charge in [-0.3, -0.25) is 9.59 Å². The van der Waals surface area contributed by atoms with Gasteiger partial charge in [-0.2, -0.15) is 0 Å². The Kier molecular flexibility index (Phi) is 4.94. The predicted molar refractivity (Wildman–Crippen MR) is 76.3 cm³/mol. The molecule has 0 aromatic heterocycles. The maximum atomic E-state index is 12.9. The maximum absolute atomic E-state index is 12.9. The SMILES string of the molecule is CC(CC(=O)N[C@H]1CC[C@@H](C(=O)O)C1)c1ccc(F)cc1. The predicted octanol–water partition coefficient (Wildman–Crippen LogP) is 2.69. The van der Waals surface area contributed by atoms with E-state index in [4.69, 9.17) is 5.11 Å². The van der Waals surface area contributed by atoms with Crippen LogP contribution in [0, 0.1) is 11.7 Å². The lowest BCUT2D eigenvalue weighted by Crippen LogP contribution is -2.33. The lowest BCUT2D eigenvalue weighted by molar-refractivity contribution is -0.141. The fourth-order valence-electron chi connectivity index (χ4n) is 2.81. The Hall–Kier alpha value is -1.91. The van der Waals surface area contributed by atoms with Gasteiger partial charge in [0.05, 0.1) is 5.92 Å². The fraction of sp³-hybridized carbons (Fsp3) is 0.500. The van der Waals surface area contributed by atoms with Crippen molar-refractivity contribution in [2.45, 2.75) is 44.6 Å². The average Bonchev–Trinajstić information content (AvgIpc) is 2.87. The zero-order chi connectivity index (χ0) is 15.4. The van der Waals surface area contributed by atoms with E-state index < -0.39 is 5.97 Å². The molecule has 0 spiro atoms. The summed E-state index contributed by atoms with van der Waals surface area (Å²) in [5.41, 5.74) is 0.918. The van der Waals surface area contributed by atoms with Crippen LogP contribution in [0.25, 0.3) is 0 Å². The third-order valence-electron chi connectivity index (χ3n) is 4.08. The van der Waals surface area contributed by atoms with E-state index in [9.17, 15) is 14.0 Å². The maximum Gasteiger partial charge on any atom is 0.306 e. The van der Waals surface area contributed by atoms with Gasteiger partial charge < -0.3 is 10.4 Å². The number of carbonyl (C=O) groups excluding carboxylic acids is 1. The summed E-state index contributed by atoms with van der Waals surface area (Å²) < 4.78 is 12.9. The van der Waals surface area contributed by atoms with Crippen molar-refractivity contribution >= 4 is 11.9 Å². The Bertz CT molecular complexity index is 515. The van der Waals surface area contributed by atoms with Crippen LogP contribution >= 0.6 is 0 Å². The molecule has 0 radical (unpaired) electrons. The van der Waals surface area contributed by atoms with Gasteiger partial charge in [0.2, 0.25) is 5.91 Å². The minimum Gasteiger partial charge on any atom is -0.481 e. The Morgan fingerprint density at radius 3 is 2.57 bits per heavy atom. The zero-order valence-electron chi connectivity index (χ0n) is 12.0. The van der Waals surface area contributed by atoms with Gasteiger partial charge in [-0.05, 0) is 42.9 Å². The van der Waals surface area contributed by atoms with Crippen LogP contribution in [0.4, 0.5) is 4.39 Å². The van der Waals surface area contributed by atoms with Crippen LogP contribution in [0.1, 0.15) is 44.1 Å². The second-order valence-electron chi connectivity index (χ2n) is 5.77. The van der Waals surface area contributed by atoms with E-state index >= 15 is 0 Å². The van der Waals surface area contributed by atoms with Crippen molar-refractivity contribution in [2.24, 2.45) is 5.92 Å². The molecule has 1 amide bonds. The summed E-state index contributed by atoms with van der Waals surface area (Å²) in [5, 5.41) is 11.8. The molecule has 1 fully saturated rings. The van der Waals surface area contributed by atoms with E-state index in [1.807, 2.05) is 6.92 Å². The first kappa shape index (κ1) is 15.5. The summed E-state index contributed by atoms with van der Waals surface area (Å²) in [4.78, 5) is 22.9. The molecule has 1 aromatic carbocycles. The number of rotatable bonds is 5. The number of hydrogen-bond acceptors (Lipinski definition) is 2. The van der Waals surface area contributed by atoms with Gasteiger partial charge in [-0.15, -0.1) is 0 Å². The molecule has 2 rings (SSSR count). The van der Waals surface area contributed by atoms with E-state index in [0.29, 0.717) is 25.7 Å². The third-order valence-corrected chi connectivity index (χ3v) is 4.08. The van der Waals surface area contributed by atoms with Gasteiger partial charge in [0.25, 0.3) is 0 Å². The number of nitrogens with one attached hydrogen (secondary N) is 1. The summed E-state index contributed by atoms with van der Waals surface area (Å²) >= 11 is 0. The summed E-state index contributed by atoms with van der Waals surface area (Å²) in [6.45, 7) is 1.92. The van der Waals surface area contributed by atoms with E-state index in [0.717, 1.165) is 5.56 Å². The van der Waals surface area contributed by atoms with Gasteiger partial charge >= 0.3 is 5.97 Å². The average molecular weight is 293 g/mol. The molecule has 21 heavy (non-hydrogen) atoms. The number of carboxylic acid groups (broad SMARTS) is 1. The van der Waals surface area contributed by atoms with Gasteiger partial charge in [0.1, 0.15) is 5.82 Å². The third kappa shape index (κ3) is 4.28. The van der Waals surface area contributed by atoms with Crippen molar-refractivity contribution in [3.8, 4) is 0 Å². The zero-order valence-corrected chi connectivity index (χ0v) is 12.0. The Labute approximate surface area is 123 Å². The van der Waals surface area contributed by atoms with Crippen LogP contribution in [0.15, 0.2) is 24.3 Å². The first-order chi connectivity index (χ1) is 9.95. The van der Waals surface area contributed by atoms with E-state index in [2.05, 4.69) is 5.32 Å². The lowest BCUT2D eigenvalue weighted by atomic mass is 9.97. The number of benzene rings is 1. The molecule has 0 aliphatic heterocycles. The molecular formula is C16H20FNO3. The van der Waals surface area contributed by atoms with Gasteiger partial charge in [0.15, 0.2) is 0 Å². The monoisotopic (exact) mass is 293 g/mol. The van der Waals surface area contributed by atoms with Crippen molar-refractivity contribution in [3.63, 3.8) is 0 Å². The first-order valence-electron chi connectivity index (χ1n) is 7.23. The van der Waals surface area contributed by atoms with Crippen molar-refractivity contribution in [1.29, 1.82) is 0 Å². The summed E-state index contributed by atoms with van der Waals surface area (Å²) in [6.07, 6.45) is 2.16. The second kappa shape index (κ2) is 6.70. The molecule has 1 saturated carbocycles. The van der Waals surface area contributed by atoms with Crippen LogP contribution in [0.3, 0.4) is 0 Å². The molecule has 114 valence electrons. The number of hydrogen-bond donors (Lipinski definition) is 2. The van der Waals surface area contributed by atoms with Gasteiger partial charge in [-0.1, -0.05) is 19.1 Å². The molecule has 0 saturated heterocycles. The van der Waals surface area contributed by atoms with Crippen LogP contribution in [0.2, 0.25) is 0 Å². The standard InChI is InChI=1S/C16H20FNO3/c1-10(11-2-5-13(17)6-3-11)8-15(19)18-14-7-4-12(9-14)16(20)21/h2-3,5-6,10,12,14H,4,7-9H2,1H3,(H,18,19)(H,20,21)/t10?,12-,14+/m1/s1. The molecule has 5 heteroatoms. The minimum atomic E-state index is -0.786. The number of aliphatic carboxylic acids is 1. The largest absolute Gasteiger partial charge is 0.481 e. The topological polar surface area (TPSA) is 66.4 Å². The Morgan fingerprint density at radius 2 is 2.00 bits per heavy atom. The van der Waals surface area contributed by atoms with Gasteiger partial charge in [0, 0.05) is 12.5 Å². The van der Waals surface area contributed by atoms with E-state index in [1.165, 1.54) is 12.1 Å². The highest BCUT2D eigenvalue weighted by molar-refractivity contribution is 5.77. The highest BCUT2D eigenvalue weighted by Gasteiger charge is 2.30. The molecule has 0 bridgehead atoms. The molecule has 1 aromatic rings. The smallest absolute Gasteiger partial charge is 0.306 e. The quantitative estimate of drug-likeness (QED) is 0.877. The highest BCUT2D eigenvalue weighted by atomic mass is 19.1. The normalized spacial score (nSPS) is 22.8. The number of amides is 1. The van der Waals surface area contributed by atoms with Crippen molar-refractivity contribution in [3.05, 3.63) is 35.6 Å². The first-order valence-corrected chi connectivity index (χ1v) is 7.23. The summed E-state index contributed by atoms with van der Waals surface area (Å²) in [5.74, 6) is -1.50. The van der Waals surface area contributed by atoms with E-state index in [1.54, 1.807) is 12.1 Å². The van der Waals surface area contributed by atoms with Crippen LogP contribution < -0.4 is 5.32 Å². The molecule has 3 atom stereocenters. The Balaban J connectivity index is 1.82. The van der Waals surface area contributed by atoms with Crippen LogP contribution in [-0.2, 0) is 9.59 Å². The molecule has 4 nitrogen and oxygen atoms in total. The number of carboxylic acids is 1.